The first-order chi connectivity index (χ1) is 7.44. The van der Waals surface area contributed by atoms with Crippen molar-refractivity contribution in [3.63, 3.8) is 0 Å². The maximum Gasteiger partial charge on any atom is 0.140 e. The number of carbonyl (C=O) groups excluding carboxylic acids is 2. The van der Waals surface area contributed by atoms with Gasteiger partial charge in [-0.15, -0.1) is 0 Å². The Balaban J connectivity index is 2.42. The van der Waals surface area contributed by atoms with Gasteiger partial charge in [0.25, 0.3) is 0 Å². The minimum absolute atomic E-state index is 0.0623. The normalized spacial score (nSPS) is 34.5. The molecule has 0 aromatic carbocycles. The highest BCUT2D eigenvalue weighted by molar-refractivity contribution is 5.90. The van der Waals surface area contributed by atoms with Crippen molar-refractivity contribution in [1.82, 2.24) is 0 Å². The van der Waals surface area contributed by atoms with E-state index in [2.05, 4.69) is 20.4 Å². The zero-order chi connectivity index (χ0) is 11.9. The fraction of sp³-hybridized carbons (Fsp3) is 0.714. The predicted molar refractivity (Wildman–Crippen MR) is 63.0 cm³/mol. The molecule has 0 aromatic rings. The first-order valence-electron chi connectivity index (χ1n) is 6.17. The molecule has 0 N–H and O–H groups in total. The lowest BCUT2D eigenvalue weighted by atomic mass is 9.56. The molecule has 0 aliphatic heterocycles. The van der Waals surface area contributed by atoms with Crippen LogP contribution in [0.4, 0.5) is 0 Å². The van der Waals surface area contributed by atoms with E-state index in [9.17, 15) is 9.59 Å². The van der Waals surface area contributed by atoms with Gasteiger partial charge in [0.15, 0.2) is 0 Å². The van der Waals surface area contributed by atoms with Crippen LogP contribution in [0.1, 0.15) is 46.0 Å². The molecule has 2 nitrogen and oxygen atoms in total. The molecule has 2 atom stereocenters. The summed E-state index contributed by atoms with van der Waals surface area (Å²) >= 11 is 0. The van der Waals surface area contributed by atoms with Crippen LogP contribution in [0, 0.1) is 17.3 Å². The van der Waals surface area contributed by atoms with E-state index in [1.807, 2.05) is 0 Å². The highest BCUT2D eigenvalue weighted by Gasteiger charge is 2.48. The van der Waals surface area contributed by atoms with E-state index in [1.165, 1.54) is 0 Å². The van der Waals surface area contributed by atoms with E-state index in [0.29, 0.717) is 24.4 Å². The lowest BCUT2D eigenvalue weighted by Crippen LogP contribution is -2.46. The molecule has 0 aromatic heterocycles. The number of hydrogen-bond acceptors (Lipinski definition) is 2. The summed E-state index contributed by atoms with van der Waals surface area (Å²) < 4.78 is 0. The molecule has 0 spiro atoms. The van der Waals surface area contributed by atoms with Crippen molar-refractivity contribution in [2.75, 3.05) is 0 Å². The summed E-state index contributed by atoms with van der Waals surface area (Å²) in [5.74, 6) is 0.630. The van der Waals surface area contributed by atoms with Gasteiger partial charge in [0, 0.05) is 24.7 Å². The highest BCUT2D eigenvalue weighted by Crippen LogP contribution is 2.49. The number of carbonyl (C=O) groups is 2. The summed E-state index contributed by atoms with van der Waals surface area (Å²) in [7, 11) is 0. The summed E-state index contributed by atoms with van der Waals surface area (Å²) in [5.41, 5.74) is 0.824. The van der Waals surface area contributed by atoms with E-state index in [1.54, 1.807) is 0 Å². The first kappa shape index (κ1) is 11.6. The van der Waals surface area contributed by atoms with Crippen LogP contribution in [0.2, 0.25) is 0 Å². The first-order valence-corrected chi connectivity index (χ1v) is 6.17. The molecule has 0 amide bonds. The van der Waals surface area contributed by atoms with Gasteiger partial charge in [0.05, 0.1) is 0 Å². The minimum atomic E-state index is -0.218. The molecule has 16 heavy (non-hydrogen) atoms. The molecule has 2 fully saturated rings. The van der Waals surface area contributed by atoms with Crippen molar-refractivity contribution >= 4 is 11.6 Å². The molecular weight excluding hydrogens is 200 g/mol. The quantitative estimate of drug-likeness (QED) is 0.588. The summed E-state index contributed by atoms with van der Waals surface area (Å²) in [5, 5.41) is 0. The van der Waals surface area contributed by atoms with Crippen LogP contribution in [-0.4, -0.2) is 11.6 Å². The van der Waals surface area contributed by atoms with Gasteiger partial charge in [-0.2, -0.15) is 0 Å². The van der Waals surface area contributed by atoms with Gasteiger partial charge >= 0.3 is 0 Å². The van der Waals surface area contributed by atoms with Crippen molar-refractivity contribution in [3.05, 3.63) is 12.2 Å². The predicted octanol–water partition coefficient (Wildman–Crippen LogP) is 2.92. The zero-order valence-corrected chi connectivity index (χ0v) is 10.2. The zero-order valence-electron chi connectivity index (χ0n) is 10.2. The molecule has 0 radical (unpaired) electrons. The third-order valence-corrected chi connectivity index (χ3v) is 4.36. The molecule has 2 saturated carbocycles. The molecule has 0 heterocycles. The van der Waals surface area contributed by atoms with Crippen molar-refractivity contribution < 1.29 is 9.59 Å². The average molecular weight is 220 g/mol. The van der Waals surface area contributed by atoms with Crippen LogP contribution in [0.5, 0.6) is 0 Å². The SMILES string of the molecule is C=C1CCC2C(=O)CCCC(=O)C1C2(C)C. The van der Waals surface area contributed by atoms with Gasteiger partial charge in [-0.1, -0.05) is 26.0 Å². The molecule has 2 aliphatic carbocycles. The Hall–Kier alpha value is -0.920. The molecule has 2 aliphatic rings. The Kier molecular flexibility index (Phi) is 2.77. The molecule has 2 bridgehead atoms. The smallest absolute Gasteiger partial charge is 0.140 e. The van der Waals surface area contributed by atoms with Crippen molar-refractivity contribution in [2.45, 2.75) is 46.0 Å². The number of hydrogen-bond donors (Lipinski definition) is 0. The number of ketones is 2. The Morgan fingerprint density at radius 2 is 1.75 bits per heavy atom. The number of Topliss-reactive ketones (excluding diaryl/α,β-unsaturated/α-hetero) is 2. The maximum atomic E-state index is 12.1. The second-order valence-electron chi connectivity index (χ2n) is 5.79. The number of allylic oxidation sites excluding steroid dienone is 1. The largest absolute Gasteiger partial charge is 0.299 e. The minimum Gasteiger partial charge on any atom is -0.299 e. The number of rotatable bonds is 0. The van der Waals surface area contributed by atoms with Crippen molar-refractivity contribution in [3.8, 4) is 0 Å². The summed E-state index contributed by atoms with van der Waals surface area (Å²) in [6.07, 6.45) is 3.59. The monoisotopic (exact) mass is 220 g/mol. The molecular formula is C14H20O2. The lowest BCUT2D eigenvalue weighted by molar-refractivity contribution is -0.136. The van der Waals surface area contributed by atoms with Crippen molar-refractivity contribution in [1.29, 1.82) is 0 Å². The summed E-state index contributed by atoms with van der Waals surface area (Å²) in [4.78, 5) is 24.2. The Morgan fingerprint density at radius 3 is 2.44 bits per heavy atom. The van der Waals surface area contributed by atoms with E-state index in [0.717, 1.165) is 24.8 Å². The highest BCUT2D eigenvalue weighted by atomic mass is 16.1. The topological polar surface area (TPSA) is 34.1 Å². The Morgan fingerprint density at radius 1 is 1.12 bits per heavy atom. The van der Waals surface area contributed by atoms with E-state index in [4.69, 9.17) is 0 Å². The third kappa shape index (κ3) is 1.64. The van der Waals surface area contributed by atoms with Crippen LogP contribution in [0.15, 0.2) is 12.2 Å². The average Bonchev–Trinajstić information content (AvgIpc) is 2.15. The summed E-state index contributed by atoms with van der Waals surface area (Å²) in [6.45, 7) is 8.17. The second kappa shape index (κ2) is 3.83. The molecule has 2 unspecified atom stereocenters. The van der Waals surface area contributed by atoms with Gasteiger partial charge in [-0.05, 0) is 24.7 Å². The second-order valence-corrected chi connectivity index (χ2v) is 5.79. The Labute approximate surface area is 97.1 Å². The molecule has 2 heteroatoms. The third-order valence-electron chi connectivity index (χ3n) is 4.36. The van der Waals surface area contributed by atoms with E-state index < -0.39 is 0 Å². The van der Waals surface area contributed by atoms with Gasteiger partial charge in [-0.25, -0.2) is 0 Å². The molecule has 0 saturated heterocycles. The molecule has 2 rings (SSSR count). The molecule has 88 valence electrons. The van der Waals surface area contributed by atoms with Crippen LogP contribution in [0.25, 0.3) is 0 Å². The van der Waals surface area contributed by atoms with Crippen LogP contribution >= 0.6 is 0 Å². The van der Waals surface area contributed by atoms with Gasteiger partial charge < -0.3 is 0 Å². The van der Waals surface area contributed by atoms with E-state index in [-0.39, 0.29) is 17.3 Å². The Bertz CT molecular complexity index is 352. The van der Waals surface area contributed by atoms with Crippen LogP contribution in [0.3, 0.4) is 0 Å². The fourth-order valence-corrected chi connectivity index (χ4v) is 3.55. The number of fused-ring (bicyclic) bond motifs is 2. The maximum absolute atomic E-state index is 12.1. The van der Waals surface area contributed by atoms with Gasteiger partial charge in [-0.3, -0.25) is 9.59 Å². The van der Waals surface area contributed by atoms with Crippen LogP contribution < -0.4 is 0 Å². The fourth-order valence-electron chi connectivity index (χ4n) is 3.55. The van der Waals surface area contributed by atoms with Crippen molar-refractivity contribution in [2.24, 2.45) is 17.3 Å². The van der Waals surface area contributed by atoms with Crippen LogP contribution in [-0.2, 0) is 9.59 Å². The van der Waals surface area contributed by atoms with Gasteiger partial charge in [0.1, 0.15) is 11.6 Å². The van der Waals surface area contributed by atoms with Gasteiger partial charge in [0.2, 0.25) is 0 Å². The lowest BCUT2D eigenvalue weighted by Gasteiger charge is -2.46. The van der Waals surface area contributed by atoms with E-state index >= 15 is 0 Å². The summed E-state index contributed by atoms with van der Waals surface area (Å²) in [6, 6.07) is 0. The standard InChI is InChI=1S/C14H20O2/c1-9-7-8-10-11(15)5-4-6-12(16)13(9)14(10,2)3/h10,13H,1,4-8H2,2-3H3.